The molecule has 2 nitrogen and oxygen atoms in total. The van der Waals surface area contributed by atoms with Gasteiger partial charge in [0, 0.05) is 11.4 Å². The van der Waals surface area contributed by atoms with Gasteiger partial charge in [0.15, 0.2) is 0 Å². The first-order chi connectivity index (χ1) is 6.65. The quantitative estimate of drug-likeness (QED) is 0.832. The summed E-state index contributed by atoms with van der Waals surface area (Å²) in [5.41, 5.74) is 0.764. The van der Waals surface area contributed by atoms with E-state index in [9.17, 15) is 5.11 Å². The van der Waals surface area contributed by atoms with E-state index in [1.807, 2.05) is 19.1 Å². The Morgan fingerprint density at radius 1 is 1.57 bits per heavy atom. The minimum absolute atomic E-state index is 0.0709. The molecule has 0 aromatic heterocycles. The van der Waals surface area contributed by atoms with Crippen LogP contribution in [0.15, 0.2) is 24.3 Å². The molecule has 1 rings (SSSR count). The lowest BCUT2D eigenvalue weighted by molar-refractivity contribution is 0.120. The van der Waals surface area contributed by atoms with Gasteiger partial charge in [-0.3, -0.25) is 0 Å². The largest absolute Gasteiger partial charge is 0.388 e. The fourth-order valence-corrected chi connectivity index (χ4v) is 1.47. The summed E-state index contributed by atoms with van der Waals surface area (Å²) in [4.78, 5) is 0. The van der Waals surface area contributed by atoms with Crippen LogP contribution in [0.4, 0.5) is 0 Å². The molecule has 0 spiro atoms. The highest BCUT2D eigenvalue weighted by Crippen LogP contribution is 2.25. The Balaban J connectivity index is 2.79. The molecule has 0 saturated heterocycles. The monoisotopic (exact) mass is 209 g/mol. The van der Waals surface area contributed by atoms with Crippen molar-refractivity contribution in [1.82, 2.24) is 0 Å². The lowest BCUT2D eigenvalue weighted by Gasteiger charge is -2.16. The molecule has 0 radical (unpaired) electrons. The van der Waals surface area contributed by atoms with E-state index < -0.39 is 6.10 Å². The highest BCUT2D eigenvalue weighted by atomic mass is 35.5. The Labute approximate surface area is 88.7 Å². The van der Waals surface area contributed by atoms with Gasteiger partial charge in [-0.05, 0) is 23.6 Å². The highest BCUT2D eigenvalue weighted by molar-refractivity contribution is 6.30. The second-order valence-electron chi connectivity index (χ2n) is 3.34. The molecule has 0 aliphatic heterocycles. The number of aliphatic hydroxyl groups excluding tert-OH is 1. The Morgan fingerprint density at radius 2 is 2.29 bits per heavy atom. The van der Waals surface area contributed by atoms with Crippen molar-refractivity contribution in [1.29, 1.82) is 5.26 Å². The molecule has 0 bridgehead atoms. The number of hydrogen-bond donors (Lipinski definition) is 1. The number of hydrogen-bond acceptors (Lipinski definition) is 2. The lowest BCUT2D eigenvalue weighted by atomic mass is 9.95. The number of benzene rings is 1. The fourth-order valence-electron chi connectivity index (χ4n) is 1.27. The molecule has 0 fully saturated rings. The van der Waals surface area contributed by atoms with Gasteiger partial charge < -0.3 is 5.11 Å². The van der Waals surface area contributed by atoms with Crippen LogP contribution in [0.5, 0.6) is 0 Å². The average Bonchev–Trinajstić information content (AvgIpc) is 2.17. The van der Waals surface area contributed by atoms with Crippen LogP contribution in [0.25, 0.3) is 0 Å². The molecule has 1 aromatic carbocycles. The number of halogens is 1. The van der Waals surface area contributed by atoms with Gasteiger partial charge in [0.1, 0.15) is 0 Å². The lowest BCUT2D eigenvalue weighted by Crippen LogP contribution is -2.08. The molecule has 14 heavy (non-hydrogen) atoms. The van der Waals surface area contributed by atoms with Crippen LogP contribution in [0.2, 0.25) is 5.02 Å². The third-order valence-corrected chi connectivity index (χ3v) is 2.38. The Hall–Kier alpha value is -1.04. The van der Waals surface area contributed by atoms with Crippen molar-refractivity contribution in [2.75, 3.05) is 0 Å². The zero-order valence-electron chi connectivity index (χ0n) is 7.94. The molecule has 1 aromatic rings. The molecular formula is C11H12ClNO. The van der Waals surface area contributed by atoms with Gasteiger partial charge in [-0.25, -0.2) is 0 Å². The normalized spacial score (nSPS) is 14.4. The Kier molecular flexibility index (Phi) is 3.94. The van der Waals surface area contributed by atoms with E-state index in [2.05, 4.69) is 0 Å². The summed E-state index contributed by atoms with van der Waals surface area (Å²) < 4.78 is 0. The van der Waals surface area contributed by atoms with E-state index in [4.69, 9.17) is 16.9 Å². The predicted octanol–water partition coefficient (Wildman–Crippen LogP) is 2.92. The van der Waals surface area contributed by atoms with Crippen LogP contribution in [0.3, 0.4) is 0 Å². The van der Waals surface area contributed by atoms with Crippen LogP contribution >= 0.6 is 11.6 Å². The molecule has 1 N–H and O–H groups in total. The fraction of sp³-hybridized carbons (Fsp3) is 0.364. The van der Waals surface area contributed by atoms with Crippen LogP contribution in [0.1, 0.15) is 25.0 Å². The molecule has 0 aliphatic carbocycles. The minimum Gasteiger partial charge on any atom is -0.388 e. The summed E-state index contributed by atoms with van der Waals surface area (Å²) in [7, 11) is 0. The van der Waals surface area contributed by atoms with Crippen molar-refractivity contribution in [3.05, 3.63) is 34.9 Å². The van der Waals surface area contributed by atoms with Crippen molar-refractivity contribution in [3.63, 3.8) is 0 Å². The van der Waals surface area contributed by atoms with Crippen molar-refractivity contribution >= 4 is 11.6 Å². The zero-order chi connectivity index (χ0) is 10.6. The second-order valence-corrected chi connectivity index (χ2v) is 3.78. The van der Waals surface area contributed by atoms with Gasteiger partial charge in [0.05, 0.1) is 12.2 Å². The Bertz CT molecular complexity index is 345. The van der Waals surface area contributed by atoms with Crippen molar-refractivity contribution in [2.24, 2.45) is 5.92 Å². The Morgan fingerprint density at radius 3 is 2.86 bits per heavy atom. The molecule has 3 heteroatoms. The number of rotatable bonds is 3. The summed E-state index contributed by atoms with van der Waals surface area (Å²) in [5.74, 6) is -0.0709. The molecule has 0 aliphatic rings. The van der Waals surface area contributed by atoms with Crippen LogP contribution in [0, 0.1) is 17.2 Å². The standard InChI is InChI=1S/C11H12ClNO/c1-8(5-6-13)11(14)9-3-2-4-10(12)7-9/h2-4,7-8,11,14H,5H2,1H3. The maximum Gasteiger partial charge on any atom is 0.0825 e. The third-order valence-electron chi connectivity index (χ3n) is 2.14. The van der Waals surface area contributed by atoms with Gasteiger partial charge >= 0.3 is 0 Å². The van der Waals surface area contributed by atoms with Gasteiger partial charge in [-0.1, -0.05) is 30.7 Å². The van der Waals surface area contributed by atoms with Gasteiger partial charge in [0.2, 0.25) is 0 Å². The molecule has 2 unspecified atom stereocenters. The molecule has 0 amide bonds. The van der Waals surface area contributed by atoms with Gasteiger partial charge in [-0.15, -0.1) is 0 Å². The van der Waals surface area contributed by atoms with E-state index in [1.165, 1.54) is 0 Å². The number of nitriles is 1. The number of nitrogens with zero attached hydrogens (tertiary/aromatic N) is 1. The van der Waals surface area contributed by atoms with Gasteiger partial charge in [0.25, 0.3) is 0 Å². The smallest absolute Gasteiger partial charge is 0.0825 e. The summed E-state index contributed by atoms with van der Waals surface area (Å²) in [5, 5.41) is 18.9. The maximum atomic E-state index is 9.83. The summed E-state index contributed by atoms with van der Waals surface area (Å²) in [6, 6.07) is 9.12. The minimum atomic E-state index is -0.617. The molecule has 0 saturated carbocycles. The first-order valence-corrected chi connectivity index (χ1v) is 4.83. The first kappa shape index (κ1) is 11.0. The first-order valence-electron chi connectivity index (χ1n) is 4.45. The van der Waals surface area contributed by atoms with Crippen molar-refractivity contribution in [3.8, 4) is 6.07 Å². The van der Waals surface area contributed by atoms with Crippen LogP contribution in [-0.2, 0) is 0 Å². The second kappa shape index (κ2) is 4.99. The molecule has 0 heterocycles. The summed E-state index contributed by atoms with van der Waals surface area (Å²) >= 11 is 5.79. The molecular weight excluding hydrogens is 198 g/mol. The predicted molar refractivity (Wildman–Crippen MR) is 55.8 cm³/mol. The van der Waals surface area contributed by atoms with E-state index in [0.29, 0.717) is 11.4 Å². The van der Waals surface area contributed by atoms with E-state index in [0.717, 1.165) is 5.56 Å². The van der Waals surface area contributed by atoms with Crippen molar-refractivity contribution in [2.45, 2.75) is 19.4 Å². The van der Waals surface area contributed by atoms with Crippen LogP contribution in [-0.4, -0.2) is 5.11 Å². The third kappa shape index (κ3) is 2.73. The maximum absolute atomic E-state index is 9.83. The molecule has 74 valence electrons. The average molecular weight is 210 g/mol. The summed E-state index contributed by atoms with van der Waals surface area (Å²) in [6.07, 6.45) is -0.276. The number of aliphatic hydroxyl groups is 1. The highest BCUT2D eigenvalue weighted by Gasteiger charge is 2.15. The van der Waals surface area contributed by atoms with E-state index in [1.54, 1.807) is 18.2 Å². The van der Waals surface area contributed by atoms with E-state index in [-0.39, 0.29) is 5.92 Å². The summed E-state index contributed by atoms with van der Waals surface area (Å²) in [6.45, 7) is 1.84. The SMILES string of the molecule is CC(CC#N)C(O)c1cccc(Cl)c1. The van der Waals surface area contributed by atoms with Gasteiger partial charge in [-0.2, -0.15) is 5.26 Å². The van der Waals surface area contributed by atoms with Crippen LogP contribution < -0.4 is 0 Å². The van der Waals surface area contributed by atoms with E-state index >= 15 is 0 Å². The van der Waals surface area contributed by atoms with Crippen molar-refractivity contribution < 1.29 is 5.11 Å². The topological polar surface area (TPSA) is 44.0 Å². The zero-order valence-corrected chi connectivity index (χ0v) is 8.70. The molecule has 2 atom stereocenters.